The molecule has 0 aliphatic rings. The van der Waals surface area contributed by atoms with Gasteiger partial charge in [0.05, 0.1) is 0 Å². The molecule has 17 heavy (non-hydrogen) atoms. The van der Waals surface area contributed by atoms with Gasteiger partial charge in [-0.05, 0) is 34.1 Å². The van der Waals surface area contributed by atoms with Crippen molar-refractivity contribution in [3.63, 3.8) is 0 Å². The molecular formula is C10H9BrN4O2. The molecule has 0 aliphatic carbocycles. The van der Waals surface area contributed by atoms with E-state index in [0.717, 1.165) is 4.47 Å². The molecule has 0 fully saturated rings. The van der Waals surface area contributed by atoms with E-state index in [1.807, 2.05) is 0 Å². The Morgan fingerprint density at radius 2 is 2.29 bits per heavy atom. The maximum Gasteiger partial charge on any atom is 0.292 e. The smallest absolute Gasteiger partial charge is 0.292 e. The molecule has 0 atom stereocenters. The number of halogens is 1. The van der Waals surface area contributed by atoms with Crippen molar-refractivity contribution in [1.29, 1.82) is 0 Å². The lowest BCUT2D eigenvalue weighted by Gasteiger charge is -1.99. The molecule has 1 amide bonds. The number of hydrogen-bond acceptors (Lipinski definition) is 5. The second kappa shape index (κ2) is 4.54. The molecule has 0 bridgehead atoms. The zero-order valence-corrected chi connectivity index (χ0v) is 10.5. The molecule has 0 saturated heterocycles. The first-order valence-electron chi connectivity index (χ1n) is 4.73. The Kier molecular flexibility index (Phi) is 3.10. The Morgan fingerprint density at radius 3 is 2.94 bits per heavy atom. The van der Waals surface area contributed by atoms with Gasteiger partial charge in [-0.2, -0.15) is 4.98 Å². The molecule has 88 valence electrons. The predicted octanol–water partition coefficient (Wildman–Crippen LogP) is 1.44. The molecule has 3 N–H and O–H groups in total. The average molecular weight is 297 g/mol. The molecule has 0 radical (unpaired) electrons. The minimum Gasteiger partial charge on any atom is -0.398 e. The van der Waals surface area contributed by atoms with Gasteiger partial charge in [0.1, 0.15) is 0 Å². The average Bonchev–Trinajstić information content (AvgIpc) is 2.81. The zero-order chi connectivity index (χ0) is 12.4. The summed E-state index contributed by atoms with van der Waals surface area (Å²) in [5.41, 5.74) is 6.95. The number of anilines is 1. The van der Waals surface area contributed by atoms with Gasteiger partial charge < -0.3 is 15.6 Å². The summed E-state index contributed by atoms with van der Waals surface area (Å²) in [5, 5.41) is 5.98. The Bertz CT molecular complexity index is 567. The number of hydrogen-bond donors (Lipinski definition) is 2. The molecule has 2 aromatic rings. The number of amides is 1. The molecule has 0 unspecified atom stereocenters. The van der Waals surface area contributed by atoms with Crippen LogP contribution in [0, 0.1) is 0 Å². The molecule has 0 aliphatic heterocycles. The van der Waals surface area contributed by atoms with Crippen LogP contribution in [-0.2, 0) is 0 Å². The normalized spacial score (nSPS) is 10.2. The maximum atomic E-state index is 11.3. The lowest BCUT2D eigenvalue weighted by atomic mass is 10.2. The summed E-state index contributed by atoms with van der Waals surface area (Å²) in [7, 11) is 1.50. The SMILES string of the molecule is CNC(=O)c1noc(-c2ccc(Br)c(N)c2)n1. The summed E-state index contributed by atoms with van der Waals surface area (Å²) in [6.45, 7) is 0. The van der Waals surface area contributed by atoms with Crippen molar-refractivity contribution in [2.24, 2.45) is 0 Å². The Hall–Kier alpha value is -1.89. The molecule has 1 aromatic carbocycles. The first-order valence-corrected chi connectivity index (χ1v) is 5.52. The van der Waals surface area contributed by atoms with Crippen molar-refractivity contribution in [1.82, 2.24) is 15.5 Å². The van der Waals surface area contributed by atoms with Gasteiger partial charge in [-0.1, -0.05) is 5.16 Å². The van der Waals surface area contributed by atoms with Crippen molar-refractivity contribution in [2.45, 2.75) is 0 Å². The Labute approximate surface area is 105 Å². The van der Waals surface area contributed by atoms with Crippen LogP contribution < -0.4 is 11.1 Å². The van der Waals surface area contributed by atoms with Crippen molar-refractivity contribution >= 4 is 27.5 Å². The van der Waals surface area contributed by atoms with E-state index >= 15 is 0 Å². The van der Waals surface area contributed by atoms with E-state index in [4.69, 9.17) is 10.3 Å². The van der Waals surface area contributed by atoms with E-state index in [9.17, 15) is 4.79 Å². The minimum atomic E-state index is -0.398. The van der Waals surface area contributed by atoms with Crippen molar-refractivity contribution < 1.29 is 9.32 Å². The Balaban J connectivity index is 2.37. The molecule has 6 nitrogen and oxygen atoms in total. The van der Waals surface area contributed by atoms with E-state index in [-0.39, 0.29) is 11.7 Å². The van der Waals surface area contributed by atoms with Crippen molar-refractivity contribution in [2.75, 3.05) is 12.8 Å². The van der Waals surface area contributed by atoms with Crippen molar-refractivity contribution in [3.05, 3.63) is 28.5 Å². The summed E-state index contributed by atoms with van der Waals surface area (Å²) >= 11 is 3.29. The minimum absolute atomic E-state index is 0.0102. The monoisotopic (exact) mass is 296 g/mol. The van der Waals surface area contributed by atoms with E-state index in [2.05, 4.69) is 31.4 Å². The van der Waals surface area contributed by atoms with Gasteiger partial charge in [0.25, 0.3) is 17.6 Å². The summed E-state index contributed by atoms with van der Waals surface area (Å²) in [4.78, 5) is 15.2. The number of rotatable bonds is 2. The fourth-order valence-electron chi connectivity index (χ4n) is 1.22. The highest BCUT2D eigenvalue weighted by molar-refractivity contribution is 9.10. The number of carbonyl (C=O) groups excluding carboxylic acids is 1. The van der Waals surface area contributed by atoms with E-state index in [0.29, 0.717) is 11.3 Å². The van der Waals surface area contributed by atoms with Crippen LogP contribution in [0.4, 0.5) is 5.69 Å². The lowest BCUT2D eigenvalue weighted by Crippen LogP contribution is -2.19. The zero-order valence-electron chi connectivity index (χ0n) is 8.90. The number of carbonyl (C=O) groups is 1. The van der Waals surface area contributed by atoms with Gasteiger partial charge in [-0.3, -0.25) is 4.79 Å². The summed E-state index contributed by atoms with van der Waals surface area (Å²) in [6.07, 6.45) is 0. The highest BCUT2D eigenvalue weighted by Crippen LogP contribution is 2.25. The van der Waals surface area contributed by atoms with Gasteiger partial charge in [0.15, 0.2) is 0 Å². The third kappa shape index (κ3) is 2.28. The predicted molar refractivity (Wildman–Crippen MR) is 65.2 cm³/mol. The largest absolute Gasteiger partial charge is 0.398 e. The molecule has 7 heteroatoms. The second-order valence-electron chi connectivity index (χ2n) is 3.24. The van der Waals surface area contributed by atoms with Gasteiger partial charge >= 0.3 is 0 Å². The number of benzene rings is 1. The number of nitrogen functional groups attached to an aromatic ring is 1. The van der Waals surface area contributed by atoms with Crippen LogP contribution in [0.1, 0.15) is 10.6 Å². The van der Waals surface area contributed by atoms with Crippen LogP contribution in [0.15, 0.2) is 27.2 Å². The quantitative estimate of drug-likeness (QED) is 0.818. The van der Waals surface area contributed by atoms with E-state index in [1.165, 1.54) is 7.05 Å². The fourth-order valence-corrected chi connectivity index (χ4v) is 1.47. The van der Waals surface area contributed by atoms with Crippen LogP contribution in [0.5, 0.6) is 0 Å². The van der Waals surface area contributed by atoms with Gasteiger partial charge in [-0.15, -0.1) is 0 Å². The molecule has 0 spiro atoms. The van der Waals surface area contributed by atoms with Gasteiger partial charge in [-0.25, -0.2) is 0 Å². The van der Waals surface area contributed by atoms with Crippen LogP contribution in [0.3, 0.4) is 0 Å². The molecule has 0 saturated carbocycles. The van der Waals surface area contributed by atoms with Crippen LogP contribution >= 0.6 is 15.9 Å². The topological polar surface area (TPSA) is 94.0 Å². The molecular weight excluding hydrogens is 288 g/mol. The molecule has 1 aromatic heterocycles. The first kappa shape index (κ1) is 11.6. The van der Waals surface area contributed by atoms with Crippen LogP contribution in [0.2, 0.25) is 0 Å². The van der Waals surface area contributed by atoms with Crippen LogP contribution in [0.25, 0.3) is 11.5 Å². The summed E-state index contributed by atoms with van der Waals surface area (Å²) in [6, 6.07) is 5.22. The third-order valence-electron chi connectivity index (χ3n) is 2.10. The standard InChI is InChI=1S/C10H9BrN4O2/c1-13-9(16)8-14-10(17-15-8)5-2-3-6(11)7(12)4-5/h2-4H,12H2,1H3,(H,13,16). The fraction of sp³-hybridized carbons (Fsp3) is 0.100. The van der Waals surface area contributed by atoms with Gasteiger partial charge in [0.2, 0.25) is 0 Å². The molecule has 1 heterocycles. The number of aromatic nitrogens is 2. The number of nitrogens with zero attached hydrogens (tertiary/aromatic N) is 2. The summed E-state index contributed by atoms with van der Waals surface area (Å²) in [5.74, 6) is -0.156. The number of nitrogens with one attached hydrogen (secondary N) is 1. The third-order valence-corrected chi connectivity index (χ3v) is 2.82. The first-order chi connectivity index (χ1) is 8.11. The number of nitrogens with two attached hydrogens (primary N) is 1. The summed E-state index contributed by atoms with van der Waals surface area (Å²) < 4.78 is 5.76. The van der Waals surface area contributed by atoms with E-state index in [1.54, 1.807) is 18.2 Å². The maximum absolute atomic E-state index is 11.3. The lowest BCUT2D eigenvalue weighted by molar-refractivity contribution is 0.0950. The van der Waals surface area contributed by atoms with Crippen molar-refractivity contribution in [3.8, 4) is 11.5 Å². The Morgan fingerprint density at radius 1 is 1.53 bits per heavy atom. The van der Waals surface area contributed by atoms with Crippen LogP contribution in [-0.4, -0.2) is 23.1 Å². The van der Waals surface area contributed by atoms with Gasteiger partial charge in [0, 0.05) is 22.8 Å². The van der Waals surface area contributed by atoms with E-state index < -0.39 is 5.91 Å². The highest BCUT2D eigenvalue weighted by atomic mass is 79.9. The second-order valence-corrected chi connectivity index (χ2v) is 4.09. The highest BCUT2D eigenvalue weighted by Gasteiger charge is 2.14. The molecule has 2 rings (SSSR count).